The van der Waals surface area contributed by atoms with Gasteiger partial charge < -0.3 is 20.1 Å². The number of fused-ring (bicyclic) bond motifs is 1. The zero-order valence-electron chi connectivity index (χ0n) is 20.5. The average molecular weight is 463 g/mol. The molecule has 1 aliphatic rings. The number of nitrogens with one attached hydrogen (secondary N) is 2. The quantitative estimate of drug-likeness (QED) is 0.586. The van der Waals surface area contributed by atoms with Crippen LogP contribution < -0.4 is 10.6 Å². The van der Waals surface area contributed by atoms with E-state index < -0.39 is 0 Å². The van der Waals surface area contributed by atoms with E-state index in [9.17, 15) is 9.59 Å². The molecule has 8 heteroatoms. The van der Waals surface area contributed by atoms with Crippen molar-refractivity contribution >= 4 is 28.7 Å². The van der Waals surface area contributed by atoms with Gasteiger partial charge in [0.15, 0.2) is 0 Å². The Bertz CT molecular complexity index is 1180. The summed E-state index contributed by atoms with van der Waals surface area (Å²) in [5, 5.41) is 5.99. The molecule has 1 fully saturated rings. The number of carbonyl (C=O) groups excluding carboxylic acids is 2. The first-order valence-electron chi connectivity index (χ1n) is 12.0. The summed E-state index contributed by atoms with van der Waals surface area (Å²) in [5.74, 6) is 0.867. The third-order valence-electron chi connectivity index (χ3n) is 6.32. The van der Waals surface area contributed by atoms with Gasteiger partial charge in [0.2, 0.25) is 0 Å². The number of para-hydroxylation sites is 1. The number of anilines is 1. The monoisotopic (exact) mass is 462 g/mol. The molecule has 4 rings (SSSR count). The van der Waals surface area contributed by atoms with Gasteiger partial charge in [0.1, 0.15) is 5.82 Å². The molecule has 0 atom stereocenters. The Morgan fingerprint density at radius 1 is 1.06 bits per heavy atom. The van der Waals surface area contributed by atoms with Crippen LogP contribution in [0.2, 0.25) is 0 Å². The predicted molar refractivity (Wildman–Crippen MR) is 135 cm³/mol. The molecule has 0 radical (unpaired) electrons. The molecule has 2 aromatic carbocycles. The maximum absolute atomic E-state index is 12.8. The Kier molecular flexibility index (Phi) is 7.17. The van der Waals surface area contributed by atoms with Crippen LogP contribution in [0.4, 0.5) is 10.5 Å². The molecule has 3 amide bonds. The van der Waals surface area contributed by atoms with Crippen molar-refractivity contribution in [1.82, 2.24) is 24.7 Å². The van der Waals surface area contributed by atoms with Gasteiger partial charge in [0.05, 0.1) is 17.6 Å². The normalized spacial score (nSPS) is 14.6. The summed E-state index contributed by atoms with van der Waals surface area (Å²) in [6.07, 6.45) is 0.881. The number of piperazine rings is 1. The number of amides is 3. The highest BCUT2D eigenvalue weighted by molar-refractivity contribution is 5.97. The van der Waals surface area contributed by atoms with Crippen LogP contribution in [0.15, 0.2) is 42.5 Å². The standard InChI is InChI=1S/C26H34N6O2/c1-5-19-8-6-7-9-21(19)29-26(34)32-14-12-31(13-15-32)17-24-28-22-16-20(25(33)27-18(2)3)10-11-23(22)30(24)4/h6-11,16,18H,5,12-15,17H2,1-4H3,(H,27,33)(H,29,34). The van der Waals surface area contributed by atoms with E-state index in [1.807, 2.05) is 68.3 Å². The van der Waals surface area contributed by atoms with E-state index in [-0.39, 0.29) is 18.0 Å². The number of rotatable bonds is 6. The van der Waals surface area contributed by atoms with Gasteiger partial charge in [0, 0.05) is 50.5 Å². The SMILES string of the molecule is CCc1ccccc1NC(=O)N1CCN(Cc2nc3cc(C(=O)NC(C)C)ccc3n2C)CC1. The van der Waals surface area contributed by atoms with Crippen LogP contribution in [0, 0.1) is 0 Å². The Morgan fingerprint density at radius 2 is 1.79 bits per heavy atom. The number of aryl methyl sites for hydroxylation is 2. The minimum Gasteiger partial charge on any atom is -0.350 e. The number of benzene rings is 2. The number of carbonyl (C=O) groups is 2. The highest BCUT2D eigenvalue weighted by atomic mass is 16.2. The van der Waals surface area contributed by atoms with E-state index in [2.05, 4.69) is 27.0 Å². The number of imidazole rings is 1. The molecule has 2 N–H and O–H groups in total. The maximum atomic E-state index is 12.8. The molecule has 3 aromatic rings. The number of hydrogen-bond donors (Lipinski definition) is 2. The predicted octanol–water partition coefficient (Wildman–Crippen LogP) is 3.62. The van der Waals surface area contributed by atoms with Crippen molar-refractivity contribution in [3.05, 3.63) is 59.4 Å². The fourth-order valence-corrected chi connectivity index (χ4v) is 4.33. The molecular weight excluding hydrogens is 428 g/mol. The van der Waals surface area contributed by atoms with Gasteiger partial charge in [-0.1, -0.05) is 25.1 Å². The van der Waals surface area contributed by atoms with Crippen LogP contribution in [0.25, 0.3) is 11.0 Å². The van der Waals surface area contributed by atoms with Gasteiger partial charge in [0.25, 0.3) is 5.91 Å². The number of nitrogens with zero attached hydrogens (tertiary/aromatic N) is 4. The first-order valence-corrected chi connectivity index (χ1v) is 12.0. The molecule has 34 heavy (non-hydrogen) atoms. The fourth-order valence-electron chi connectivity index (χ4n) is 4.33. The van der Waals surface area contributed by atoms with Gasteiger partial charge in [-0.15, -0.1) is 0 Å². The number of hydrogen-bond acceptors (Lipinski definition) is 4. The topological polar surface area (TPSA) is 82.5 Å². The van der Waals surface area contributed by atoms with Gasteiger partial charge in [-0.2, -0.15) is 0 Å². The van der Waals surface area contributed by atoms with Crippen LogP contribution in [0.1, 0.15) is 42.5 Å². The number of aromatic nitrogens is 2. The third kappa shape index (κ3) is 5.22. The van der Waals surface area contributed by atoms with Crippen molar-refractivity contribution in [2.45, 2.75) is 39.8 Å². The van der Waals surface area contributed by atoms with Crippen LogP contribution >= 0.6 is 0 Å². The van der Waals surface area contributed by atoms with Gasteiger partial charge in [-0.05, 0) is 50.1 Å². The highest BCUT2D eigenvalue weighted by Gasteiger charge is 2.23. The van der Waals surface area contributed by atoms with Crippen molar-refractivity contribution in [1.29, 1.82) is 0 Å². The van der Waals surface area contributed by atoms with Crippen molar-refractivity contribution in [3.8, 4) is 0 Å². The minimum atomic E-state index is -0.0833. The Labute approximate surface area is 200 Å². The van der Waals surface area contributed by atoms with Crippen LogP contribution in [-0.2, 0) is 20.0 Å². The van der Waals surface area contributed by atoms with Crippen LogP contribution in [0.5, 0.6) is 0 Å². The lowest BCUT2D eigenvalue weighted by Crippen LogP contribution is -2.49. The van der Waals surface area contributed by atoms with Crippen molar-refractivity contribution in [2.75, 3.05) is 31.5 Å². The fraction of sp³-hybridized carbons (Fsp3) is 0.423. The Hall–Kier alpha value is -3.39. The Morgan fingerprint density at radius 3 is 2.50 bits per heavy atom. The van der Waals surface area contributed by atoms with Gasteiger partial charge >= 0.3 is 6.03 Å². The van der Waals surface area contributed by atoms with E-state index in [0.717, 1.165) is 47.6 Å². The van der Waals surface area contributed by atoms with Gasteiger partial charge in [-0.3, -0.25) is 9.69 Å². The molecular formula is C26H34N6O2. The zero-order valence-corrected chi connectivity index (χ0v) is 20.5. The highest BCUT2D eigenvalue weighted by Crippen LogP contribution is 2.20. The number of urea groups is 1. The largest absolute Gasteiger partial charge is 0.350 e. The summed E-state index contributed by atoms with van der Waals surface area (Å²) < 4.78 is 2.08. The van der Waals surface area contributed by atoms with Crippen molar-refractivity contribution < 1.29 is 9.59 Å². The second-order valence-electron chi connectivity index (χ2n) is 9.12. The third-order valence-corrected chi connectivity index (χ3v) is 6.32. The first-order chi connectivity index (χ1) is 16.4. The van der Waals surface area contributed by atoms with E-state index in [1.165, 1.54) is 0 Å². The molecule has 0 saturated carbocycles. The first kappa shape index (κ1) is 23.8. The Balaban J connectivity index is 1.37. The van der Waals surface area contributed by atoms with E-state index >= 15 is 0 Å². The molecule has 1 aromatic heterocycles. The lowest BCUT2D eigenvalue weighted by Gasteiger charge is -2.34. The molecule has 1 aliphatic heterocycles. The summed E-state index contributed by atoms with van der Waals surface area (Å²) >= 11 is 0. The molecule has 0 aliphatic carbocycles. The zero-order chi connectivity index (χ0) is 24.2. The molecule has 2 heterocycles. The molecule has 0 unspecified atom stereocenters. The molecule has 180 valence electrons. The smallest absolute Gasteiger partial charge is 0.321 e. The van der Waals surface area contributed by atoms with Crippen molar-refractivity contribution in [3.63, 3.8) is 0 Å². The van der Waals surface area contributed by atoms with E-state index in [4.69, 9.17) is 4.98 Å². The lowest BCUT2D eigenvalue weighted by molar-refractivity contribution is 0.0943. The maximum Gasteiger partial charge on any atom is 0.321 e. The van der Waals surface area contributed by atoms with Crippen molar-refractivity contribution in [2.24, 2.45) is 7.05 Å². The molecule has 8 nitrogen and oxygen atoms in total. The summed E-state index contributed by atoms with van der Waals surface area (Å²) in [6.45, 7) is 9.60. The van der Waals surface area contributed by atoms with Crippen LogP contribution in [-0.4, -0.2) is 63.5 Å². The summed E-state index contributed by atoms with van der Waals surface area (Å²) in [5.41, 5.74) is 4.47. The average Bonchev–Trinajstić information content (AvgIpc) is 3.13. The lowest BCUT2D eigenvalue weighted by atomic mass is 10.1. The summed E-state index contributed by atoms with van der Waals surface area (Å²) in [7, 11) is 2.01. The molecule has 0 spiro atoms. The summed E-state index contributed by atoms with van der Waals surface area (Å²) in [6, 6.07) is 13.6. The van der Waals surface area contributed by atoms with E-state index in [1.54, 1.807) is 0 Å². The minimum absolute atomic E-state index is 0.0458. The van der Waals surface area contributed by atoms with Crippen LogP contribution in [0.3, 0.4) is 0 Å². The molecule has 1 saturated heterocycles. The second-order valence-corrected chi connectivity index (χ2v) is 9.12. The molecule has 0 bridgehead atoms. The summed E-state index contributed by atoms with van der Waals surface area (Å²) in [4.78, 5) is 34.1. The van der Waals surface area contributed by atoms with Gasteiger partial charge in [-0.25, -0.2) is 9.78 Å². The second kappa shape index (κ2) is 10.3. The van der Waals surface area contributed by atoms with E-state index in [0.29, 0.717) is 25.2 Å².